The van der Waals surface area contributed by atoms with Gasteiger partial charge < -0.3 is 18.9 Å². The number of thiol groups is 2. The van der Waals surface area contributed by atoms with Gasteiger partial charge in [0.05, 0.1) is 28.4 Å². The van der Waals surface area contributed by atoms with Crippen molar-refractivity contribution in [2.45, 2.75) is 0 Å². The molecule has 0 unspecified atom stereocenters. The van der Waals surface area contributed by atoms with Crippen LogP contribution in [0.1, 0.15) is 11.1 Å². The van der Waals surface area contributed by atoms with Crippen LogP contribution in [0.15, 0.2) is 36.4 Å². The van der Waals surface area contributed by atoms with Gasteiger partial charge in [-0.1, -0.05) is 0 Å². The van der Waals surface area contributed by atoms with Crippen molar-refractivity contribution < 1.29 is 35.4 Å². The minimum Gasteiger partial charge on any atom is -0.493 e. The van der Waals surface area contributed by atoms with Crippen LogP contribution in [0.4, 0.5) is 0 Å². The van der Waals surface area contributed by atoms with Gasteiger partial charge in [0.1, 0.15) is 0 Å². The largest absolute Gasteiger partial charge is 0.493 e. The number of rotatable bonds is 6. The van der Waals surface area contributed by atoms with Gasteiger partial charge in [-0.2, -0.15) is 0 Å². The molecule has 4 nitrogen and oxygen atoms in total. The minimum atomic E-state index is 0. The summed E-state index contributed by atoms with van der Waals surface area (Å²) in [6.45, 7) is 0. The second-order valence-corrected chi connectivity index (χ2v) is 5.73. The van der Waals surface area contributed by atoms with Crippen LogP contribution in [0.25, 0.3) is 9.81 Å². The number of hydrogen-bond acceptors (Lipinski definition) is 6. The third-order valence-electron chi connectivity index (χ3n) is 3.54. The molecular formula is C18H20NiO4S2. The Kier molecular flexibility index (Phi) is 8.56. The maximum Gasteiger partial charge on any atom is 0.161 e. The van der Waals surface area contributed by atoms with Gasteiger partial charge in [0.15, 0.2) is 23.0 Å². The van der Waals surface area contributed by atoms with Crippen LogP contribution in [-0.4, -0.2) is 28.4 Å². The fourth-order valence-corrected chi connectivity index (χ4v) is 2.78. The standard InChI is InChI=1S/C18H20O4S2.Ni/c1-19-13-7-5-11(9-15(13)21-3)17(23)18(24)12-6-8-14(20-2)16(10-12)22-4;/h5-10,23-24H,1-4H3;. The first-order chi connectivity index (χ1) is 11.5. The smallest absolute Gasteiger partial charge is 0.161 e. The van der Waals surface area contributed by atoms with Gasteiger partial charge in [-0.15, -0.1) is 25.3 Å². The molecule has 0 saturated heterocycles. The fourth-order valence-electron chi connectivity index (χ4n) is 2.24. The van der Waals surface area contributed by atoms with Crippen molar-refractivity contribution in [3.8, 4) is 23.0 Å². The number of ether oxygens (including phenoxy) is 4. The fraction of sp³-hybridized carbons (Fsp3) is 0.222. The van der Waals surface area contributed by atoms with Gasteiger partial charge in [0.2, 0.25) is 0 Å². The molecule has 0 spiro atoms. The molecule has 0 bridgehead atoms. The summed E-state index contributed by atoms with van der Waals surface area (Å²) < 4.78 is 21.2. The Balaban J connectivity index is 0.00000312. The SMILES string of the molecule is COc1ccc(C(S)=C(S)c2ccc(OC)c(OC)c2)cc1OC.[Ni]. The van der Waals surface area contributed by atoms with E-state index in [1.54, 1.807) is 28.4 Å². The van der Waals surface area contributed by atoms with Crippen LogP contribution in [0.2, 0.25) is 0 Å². The molecule has 7 heteroatoms. The van der Waals surface area contributed by atoms with Crippen LogP contribution < -0.4 is 18.9 Å². The summed E-state index contributed by atoms with van der Waals surface area (Å²) in [7, 11) is 6.39. The third-order valence-corrected chi connectivity index (χ3v) is 4.68. The predicted octanol–water partition coefficient (Wildman–Crippen LogP) is 4.40. The van der Waals surface area contributed by atoms with E-state index in [1.807, 2.05) is 36.4 Å². The average molecular weight is 423 g/mol. The quantitative estimate of drug-likeness (QED) is 0.410. The second-order valence-electron chi connectivity index (χ2n) is 4.84. The Labute approximate surface area is 169 Å². The molecule has 0 atom stereocenters. The molecule has 0 heterocycles. The summed E-state index contributed by atoms with van der Waals surface area (Å²) >= 11 is 9.25. The van der Waals surface area contributed by atoms with E-state index in [9.17, 15) is 0 Å². The van der Waals surface area contributed by atoms with Crippen LogP contribution in [-0.2, 0) is 16.5 Å². The average Bonchev–Trinajstić information content (AvgIpc) is 2.65. The number of benzene rings is 2. The van der Waals surface area contributed by atoms with Crippen molar-refractivity contribution >= 4 is 35.1 Å². The molecular weight excluding hydrogens is 403 g/mol. The molecule has 25 heavy (non-hydrogen) atoms. The Morgan fingerprint density at radius 2 is 0.920 bits per heavy atom. The van der Waals surface area contributed by atoms with Gasteiger partial charge in [-0.3, -0.25) is 0 Å². The van der Waals surface area contributed by atoms with E-state index in [4.69, 9.17) is 18.9 Å². The molecule has 0 aliphatic rings. The van der Waals surface area contributed by atoms with Gasteiger partial charge in [-0.25, -0.2) is 0 Å². The Hall–Kier alpha value is -1.43. The van der Waals surface area contributed by atoms with Crippen LogP contribution >= 0.6 is 25.3 Å². The topological polar surface area (TPSA) is 36.9 Å². The summed E-state index contributed by atoms with van der Waals surface area (Å²) in [6.07, 6.45) is 0. The molecule has 0 fully saturated rings. The molecule has 2 rings (SSSR count). The van der Waals surface area contributed by atoms with Gasteiger partial charge in [-0.05, 0) is 47.5 Å². The Morgan fingerprint density at radius 1 is 0.600 bits per heavy atom. The first-order valence-electron chi connectivity index (χ1n) is 7.12. The van der Waals surface area contributed by atoms with Crippen molar-refractivity contribution in [1.82, 2.24) is 0 Å². The zero-order valence-corrected chi connectivity index (χ0v) is 17.1. The van der Waals surface area contributed by atoms with Gasteiger partial charge >= 0.3 is 0 Å². The molecule has 0 radical (unpaired) electrons. The zero-order chi connectivity index (χ0) is 17.7. The van der Waals surface area contributed by atoms with Crippen LogP contribution in [0.5, 0.6) is 23.0 Å². The Morgan fingerprint density at radius 3 is 1.20 bits per heavy atom. The summed E-state index contributed by atoms with van der Waals surface area (Å²) in [6, 6.07) is 11.2. The predicted molar refractivity (Wildman–Crippen MR) is 104 cm³/mol. The van der Waals surface area contributed by atoms with Gasteiger partial charge in [0.25, 0.3) is 0 Å². The Bertz CT molecular complexity index is 699. The first kappa shape index (κ1) is 21.6. The maximum absolute atomic E-state index is 5.34. The van der Waals surface area contributed by atoms with Crippen molar-refractivity contribution in [3.63, 3.8) is 0 Å². The monoisotopic (exact) mass is 422 g/mol. The molecule has 2 aromatic carbocycles. The molecule has 0 saturated carbocycles. The third kappa shape index (κ3) is 4.81. The second kappa shape index (κ2) is 9.90. The van der Waals surface area contributed by atoms with E-state index in [0.29, 0.717) is 32.8 Å². The van der Waals surface area contributed by atoms with Crippen molar-refractivity contribution in [2.75, 3.05) is 28.4 Å². The summed E-state index contributed by atoms with van der Waals surface area (Å²) in [5.74, 6) is 2.59. The van der Waals surface area contributed by atoms with Crippen molar-refractivity contribution in [2.24, 2.45) is 0 Å². The van der Waals surface area contributed by atoms with E-state index in [1.165, 1.54) is 0 Å². The molecule has 0 amide bonds. The van der Waals surface area contributed by atoms with E-state index >= 15 is 0 Å². The summed E-state index contributed by atoms with van der Waals surface area (Å²) in [4.78, 5) is 1.43. The van der Waals surface area contributed by atoms with Crippen molar-refractivity contribution in [3.05, 3.63) is 47.5 Å². The maximum atomic E-state index is 5.34. The molecule has 2 aromatic rings. The number of hydrogen-bond donors (Lipinski definition) is 2. The number of methoxy groups -OCH3 is 4. The van der Waals surface area contributed by atoms with Crippen molar-refractivity contribution in [1.29, 1.82) is 0 Å². The van der Waals surface area contributed by atoms with Crippen LogP contribution in [0.3, 0.4) is 0 Å². The van der Waals surface area contributed by atoms with E-state index < -0.39 is 0 Å². The van der Waals surface area contributed by atoms with E-state index in [-0.39, 0.29) is 16.5 Å². The summed E-state index contributed by atoms with van der Waals surface area (Å²) in [5, 5.41) is 0. The van der Waals surface area contributed by atoms with Gasteiger partial charge in [0, 0.05) is 26.3 Å². The first-order valence-corrected chi connectivity index (χ1v) is 8.02. The minimum absolute atomic E-state index is 0. The van der Waals surface area contributed by atoms with Crippen LogP contribution in [0, 0.1) is 0 Å². The molecule has 0 aromatic heterocycles. The molecule has 138 valence electrons. The molecule has 0 aliphatic carbocycles. The molecule has 0 N–H and O–H groups in total. The van der Waals surface area contributed by atoms with E-state index in [0.717, 1.165) is 11.1 Å². The molecule has 0 aliphatic heterocycles. The summed E-state index contributed by atoms with van der Waals surface area (Å²) in [5.41, 5.74) is 1.74. The van der Waals surface area contributed by atoms with E-state index in [2.05, 4.69) is 25.3 Å². The normalized spacial score (nSPS) is 11.1. The zero-order valence-electron chi connectivity index (χ0n) is 14.3.